The molecule has 4 heteroatoms. The fourth-order valence-electron chi connectivity index (χ4n) is 8.60. The highest BCUT2D eigenvalue weighted by Crippen LogP contribution is 2.40. The van der Waals surface area contributed by atoms with Crippen molar-refractivity contribution in [1.82, 2.24) is 4.57 Å². The topological polar surface area (TPSA) is 38.4 Å². The fraction of sp³-hybridized carbons (Fsp3) is 0. The standard InChI is InChI=1S/C55H36N2O2/c58-55-51-36-46(30-31-47(51)49-22-8-10-24-54(49)59-55)57-52-23-9-7-21-48(52)50-35-42(27-32-53(50)57)39-25-28-43(29-26-39)56(44-19-11-17-40(33-44)37-13-3-1-4-14-37)45-20-12-18-41(34-45)38-15-5-2-6-16-38/h1-36H. The lowest BCUT2D eigenvalue weighted by Crippen LogP contribution is -2.10. The molecular weight excluding hydrogens is 721 g/mol. The molecule has 0 fully saturated rings. The monoisotopic (exact) mass is 756 g/mol. The SMILES string of the molecule is O=c1oc2ccccc2c2ccc(-n3c4ccccc4c4cc(-c5ccc(N(c6cccc(-c7ccccc7)c6)c6cccc(-c7ccccc7)c6)cc5)ccc43)cc12. The van der Waals surface area contributed by atoms with Gasteiger partial charge in [-0.1, -0.05) is 146 Å². The van der Waals surface area contributed by atoms with Crippen molar-refractivity contribution in [3.05, 3.63) is 229 Å². The lowest BCUT2D eigenvalue weighted by Gasteiger charge is -2.27. The van der Waals surface area contributed by atoms with Crippen LogP contribution >= 0.6 is 0 Å². The Bertz CT molecular complexity index is 3320. The lowest BCUT2D eigenvalue weighted by molar-refractivity contribution is 0.569. The zero-order chi connectivity index (χ0) is 39.3. The third-order valence-electron chi connectivity index (χ3n) is 11.4. The number of anilines is 3. The molecule has 0 unspecified atom stereocenters. The first-order valence-corrected chi connectivity index (χ1v) is 19.9. The third-order valence-corrected chi connectivity index (χ3v) is 11.4. The molecule has 4 nitrogen and oxygen atoms in total. The molecule has 0 amide bonds. The molecule has 0 bridgehead atoms. The quantitative estimate of drug-likeness (QED) is 0.120. The van der Waals surface area contributed by atoms with Crippen molar-refractivity contribution < 1.29 is 4.42 Å². The van der Waals surface area contributed by atoms with Crippen LogP contribution in [-0.2, 0) is 0 Å². The minimum atomic E-state index is -0.335. The van der Waals surface area contributed by atoms with Gasteiger partial charge in [0.15, 0.2) is 0 Å². The van der Waals surface area contributed by atoms with Crippen LogP contribution in [0, 0.1) is 0 Å². The summed E-state index contributed by atoms with van der Waals surface area (Å²) in [5.74, 6) is 0. The Morgan fingerprint density at radius 2 is 0.881 bits per heavy atom. The van der Waals surface area contributed by atoms with Crippen molar-refractivity contribution in [3.63, 3.8) is 0 Å². The molecule has 0 saturated heterocycles. The molecule has 2 heterocycles. The maximum atomic E-state index is 13.2. The van der Waals surface area contributed by atoms with E-state index in [1.54, 1.807) is 0 Å². The average molecular weight is 757 g/mol. The first-order valence-electron chi connectivity index (χ1n) is 19.9. The van der Waals surface area contributed by atoms with E-state index in [0.29, 0.717) is 11.0 Å². The van der Waals surface area contributed by atoms with E-state index < -0.39 is 0 Å². The molecule has 9 aromatic carbocycles. The first-order chi connectivity index (χ1) is 29.2. The van der Waals surface area contributed by atoms with E-state index in [9.17, 15) is 4.79 Å². The maximum Gasteiger partial charge on any atom is 0.344 e. The number of hydrogen-bond donors (Lipinski definition) is 0. The van der Waals surface area contributed by atoms with Gasteiger partial charge >= 0.3 is 5.63 Å². The van der Waals surface area contributed by atoms with Gasteiger partial charge in [0.1, 0.15) is 5.58 Å². The van der Waals surface area contributed by atoms with E-state index in [-0.39, 0.29) is 5.63 Å². The summed E-state index contributed by atoms with van der Waals surface area (Å²) in [5.41, 5.74) is 13.5. The predicted octanol–water partition coefficient (Wildman–Crippen LogP) is 14.5. The Hall–Kier alpha value is -7.95. The molecule has 0 aliphatic carbocycles. The average Bonchev–Trinajstić information content (AvgIpc) is 3.64. The van der Waals surface area contributed by atoms with Crippen LogP contribution < -0.4 is 10.5 Å². The van der Waals surface area contributed by atoms with Crippen LogP contribution in [0.15, 0.2) is 228 Å². The highest BCUT2D eigenvalue weighted by molar-refractivity contribution is 6.11. The molecule has 0 radical (unpaired) electrons. The summed E-state index contributed by atoms with van der Waals surface area (Å²) in [6, 6.07) is 76.4. The molecule has 0 spiro atoms. The lowest BCUT2D eigenvalue weighted by atomic mass is 10.0. The van der Waals surface area contributed by atoms with E-state index in [4.69, 9.17) is 4.42 Å². The van der Waals surface area contributed by atoms with E-state index in [0.717, 1.165) is 77.6 Å². The Morgan fingerprint density at radius 3 is 1.58 bits per heavy atom. The van der Waals surface area contributed by atoms with Gasteiger partial charge < -0.3 is 13.9 Å². The van der Waals surface area contributed by atoms with E-state index in [1.807, 2.05) is 36.4 Å². The summed E-state index contributed by atoms with van der Waals surface area (Å²) >= 11 is 0. The second-order valence-corrected chi connectivity index (χ2v) is 14.9. The second-order valence-electron chi connectivity index (χ2n) is 14.9. The van der Waals surface area contributed by atoms with E-state index in [1.165, 1.54) is 11.1 Å². The zero-order valence-corrected chi connectivity index (χ0v) is 32.0. The normalized spacial score (nSPS) is 11.5. The molecule has 278 valence electrons. The Morgan fingerprint density at radius 1 is 0.339 bits per heavy atom. The van der Waals surface area contributed by atoms with Gasteiger partial charge in [0, 0.05) is 44.3 Å². The van der Waals surface area contributed by atoms with Crippen molar-refractivity contribution >= 4 is 60.6 Å². The van der Waals surface area contributed by atoms with Crippen LogP contribution in [-0.4, -0.2) is 4.57 Å². The van der Waals surface area contributed by atoms with Crippen LogP contribution in [0.5, 0.6) is 0 Å². The van der Waals surface area contributed by atoms with Gasteiger partial charge in [-0.05, 0) is 106 Å². The second kappa shape index (κ2) is 14.2. The van der Waals surface area contributed by atoms with Crippen molar-refractivity contribution in [3.8, 4) is 39.1 Å². The Balaban J connectivity index is 1.00. The molecule has 11 aromatic rings. The van der Waals surface area contributed by atoms with E-state index >= 15 is 0 Å². The number of aromatic nitrogens is 1. The van der Waals surface area contributed by atoms with Crippen LogP contribution in [0.25, 0.3) is 82.6 Å². The van der Waals surface area contributed by atoms with Crippen molar-refractivity contribution in [1.29, 1.82) is 0 Å². The van der Waals surface area contributed by atoms with Gasteiger partial charge in [0.2, 0.25) is 0 Å². The highest BCUT2D eigenvalue weighted by Gasteiger charge is 2.18. The molecule has 0 atom stereocenters. The number of fused-ring (bicyclic) bond motifs is 6. The predicted molar refractivity (Wildman–Crippen MR) is 245 cm³/mol. The Labute approximate surface area is 341 Å². The molecule has 2 aromatic heterocycles. The summed E-state index contributed by atoms with van der Waals surface area (Å²) in [4.78, 5) is 15.6. The largest absolute Gasteiger partial charge is 0.422 e. The van der Waals surface area contributed by atoms with Crippen LogP contribution in [0.1, 0.15) is 0 Å². The van der Waals surface area contributed by atoms with Crippen molar-refractivity contribution in [2.24, 2.45) is 0 Å². The first kappa shape index (κ1) is 34.3. The van der Waals surface area contributed by atoms with Gasteiger partial charge in [-0.3, -0.25) is 0 Å². The third kappa shape index (κ3) is 6.06. The zero-order valence-electron chi connectivity index (χ0n) is 32.0. The minimum Gasteiger partial charge on any atom is -0.422 e. The summed E-state index contributed by atoms with van der Waals surface area (Å²) in [6.07, 6.45) is 0. The van der Waals surface area contributed by atoms with Gasteiger partial charge in [-0.2, -0.15) is 0 Å². The van der Waals surface area contributed by atoms with Crippen molar-refractivity contribution in [2.45, 2.75) is 0 Å². The number of benzene rings is 9. The molecular formula is C55H36N2O2. The summed E-state index contributed by atoms with van der Waals surface area (Å²) in [7, 11) is 0. The van der Waals surface area contributed by atoms with Crippen LogP contribution in [0.4, 0.5) is 17.1 Å². The Kier molecular flexibility index (Phi) is 8.26. The number of para-hydroxylation sites is 2. The maximum absolute atomic E-state index is 13.2. The molecule has 0 N–H and O–H groups in total. The summed E-state index contributed by atoms with van der Waals surface area (Å²) < 4.78 is 7.99. The van der Waals surface area contributed by atoms with Crippen LogP contribution in [0.3, 0.4) is 0 Å². The fourth-order valence-corrected chi connectivity index (χ4v) is 8.60. The summed E-state index contributed by atoms with van der Waals surface area (Å²) in [5, 5.41) is 4.67. The molecule has 11 rings (SSSR count). The number of rotatable bonds is 7. The smallest absolute Gasteiger partial charge is 0.344 e. The molecule has 59 heavy (non-hydrogen) atoms. The van der Waals surface area contributed by atoms with Crippen molar-refractivity contribution in [2.75, 3.05) is 4.90 Å². The molecule has 0 saturated carbocycles. The summed E-state index contributed by atoms with van der Waals surface area (Å²) in [6.45, 7) is 0. The van der Waals surface area contributed by atoms with Gasteiger partial charge in [-0.25, -0.2) is 4.79 Å². The number of nitrogens with zero attached hydrogens (tertiary/aromatic N) is 2. The number of hydrogen-bond acceptors (Lipinski definition) is 3. The van der Waals surface area contributed by atoms with Gasteiger partial charge in [-0.15, -0.1) is 0 Å². The molecule has 0 aliphatic rings. The van der Waals surface area contributed by atoms with Gasteiger partial charge in [0.05, 0.1) is 16.4 Å². The molecule has 0 aliphatic heterocycles. The van der Waals surface area contributed by atoms with Crippen LogP contribution in [0.2, 0.25) is 0 Å². The highest BCUT2D eigenvalue weighted by atomic mass is 16.4. The van der Waals surface area contributed by atoms with Gasteiger partial charge in [0.25, 0.3) is 0 Å². The van der Waals surface area contributed by atoms with E-state index in [2.05, 4.69) is 191 Å². The minimum absolute atomic E-state index is 0.335.